The summed E-state index contributed by atoms with van der Waals surface area (Å²) in [5.74, 6) is 0.913. The standard InChI is InChI=1S/C17H18FNO3/c18-14-6-8-16(9-7-14)22-13-11-19-17(20)10-12-21-15-4-2-1-3-5-15/h1-9H,10-13H2,(H,19,20). The molecule has 0 saturated carbocycles. The lowest BCUT2D eigenvalue weighted by Crippen LogP contribution is -2.29. The molecule has 2 rings (SSSR count). The summed E-state index contributed by atoms with van der Waals surface area (Å²) in [6.07, 6.45) is 0.283. The van der Waals surface area contributed by atoms with Crippen molar-refractivity contribution in [2.45, 2.75) is 6.42 Å². The highest BCUT2D eigenvalue weighted by Crippen LogP contribution is 2.10. The van der Waals surface area contributed by atoms with Crippen LogP contribution < -0.4 is 14.8 Å². The summed E-state index contributed by atoms with van der Waals surface area (Å²) in [6, 6.07) is 15.1. The molecule has 2 aromatic rings. The first-order chi connectivity index (χ1) is 10.7. The van der Waals surface area contributed by atoms with E-state index in [0.717, 1.165) is 5.75 Å². The van der Waals surface area contributed by atoms with Gasteiger partial charge in [0.15, 0.2) is 0 Å². The summed E-state index contributed by atoms with van der Waals surface area (Å²) >= 11 is 0. The summed E-state index contributed by atoms with van der Waals surface area (Å²) in [7, 11) is 0. The Morgan fingerprint density at radius 3 is 2.27 bits per heavy atom. The molecule has 1 amide bonds. The smallest absolute Gasteiger partial charge is 0.223 e. The van der Waals surface area contributed by atoms with Gasteiger partial charge < -0.3 is 14.8 Å². The molecule has 1 N–H and O–H groups in total. The van der Waals surface area contributed by atoms with E-state index < -0.39 is 0 Å². The lowest BCUT2D eigenvalue weighted by Gasteiger charge is -2.08. The second kappa shape index (κ2) is 8.67. The minimum Gasteiger partial charge on any atom is -0.493 e. The molecule has 0 fully saturated rings. The Bertz CT molecular complexity index is 572. The van der Waals surface area contributed by atoms with E-state index in [-0.39, 0.29) is 18.1 Å². The molecule has 0 aliphatic rings. The number of carbonyl (C=O) groups is 1. The van der Waals surface area contributed by atoms with Crippen molar-refractivity contribution in [3.05, 3.63) is 60.4 Å². The Morgan fingerprint density at radius 1 is 0.909 bits per heavy atom. The summed E-state index contributed by atoms with van der Waals surface area (Å²) < 4.78 is 23.5. The molecule has 0 atom stereocenters. The van der Waals surface area contributed by atoms with Gasteiger partial charge in [-0.25, -0.2) is 4.39 Å². The average Bonchev–Trinajstić information content (AvgIpc) is 2.54. The van der Waals surface area contributed by atoms with Crippen LogP contribution in [0.4, 0.5) is 4.39 Å². The second-order valence-corrected chi connectivity index (χ2v) is 4.56. The number of amides is 1. The summed E-state index contributed by atoms with van der Waals surface area (Å²) in [4.78, 5) is 11.6. The zero-order chi connectivity index (χ0) is 15.6. The number of rotatable bonds is 8. The zero-order valence-electron chi connectivity index (χ0n) is 12.1. The number of halogens is 1. The fourth-order valence-corrected chi connectivity index (χ4v) is 1.76. The number of hydrogen-bond donors (Lipinski definition) is 1. The lowest BCUT2D eigenvalue weighted by molar-refractivity contribution is -0.121. The predicted molar refractivity (Wildman–Crippen MR) is 81.5 cm³/mol. The first-order valence-corrected chi connectivity index (χ1v) is 7.07. The molecular formula is C17H18FNO3. The number of para-hydroxylation sites is 1. The Kier molecular flexibility index (Phi) is 6.23. The molecule has 0 heterocycles. The fourth-order valence-electron chi connectivity index (χ4n) is 1.76. The van der Waals surface area contributed by atoms with Crippen LogP contribution in [0.3, 0.4) is 0 Å². The molecule has 0 saturated heterocycles. The van der Waals surface area contributed by atoms with E-state index in [1.165, 1.54) is 12.1 Å². The Morgan fingerprint density at radius 2 is 1.55 bits per heavy atom. The third-order valence-corrected chi connectivity index (χ3v) is 2.85. The van der Waals surface area contributed by atoms with Crippen LogP contribution in [0, 0.1) is 5.82 Å². The van der Waals surface area contributed by atoms with Crippen molar-refractivity contribution < 1.29 is 18.7 Å². The minimum absolute atomic E-state index is 0.0985. The maximum atomic E-state index is 12.7. The molecule has 0 aliphatic carbocycles. The molecule has 0 bridgehead atoms. The molecule has 22 heavy (non-hydrogen) atoms. The average molecular weight is 303 g/mol. The Labute approximate surface area is 128 Å². The monoisotopic (exact) mass is 303 g/mol. The van der Waals surface area contributed by atoms with Crippen molar-refractivity contribution in [2.24, 2.45) is 0 Å². The molecular weight excluding hydrogens is 285 g/mol. The van der Waals surface area contributed by atoms with Crippen molar-refractivity contribution in [1.29, 1.82) is 0 Å². The summed E-state index contributed by atoms with van der Waals surface area (Å²) in [5.41, 5.74) is 0. The second-order valence-electron chi connectivity index (χ2n) is 4.56. The minimum atomic E-state index is -0.306. The van der Waals surface area contributed by atoms with E-state index in [9.17, 15) is 9.18 Å². The van der Waals surface area contributed by atoms with Crippen molar-refractivity contribution in [3.8, 4) is 11.5 Å². The first kappa shape index (κ1) is 15.8. The predicted octanol–water partition coefficient (Wildman–Crippen LogP) is 2.79. The summed E-state index contributed by atoms with van der Waals surface area (Å²) in [5, 5.41) is 2.73. The SMILES string of the molecule is O=C(CCOc1ccccc1)NCCOc1ccc(F)cc1. The third kappa shape index (κ3) is 5.83. The third-order valence-electron chi connectivity index (χ3n) is 2.85. The molecule has 5 heteroatoms. The molecule has 0 unspecified atom stereocenters. The number of ether oxygens (including phenoxy) is 2. The maximum Gasteiger partial charge on any atom is 0.223 e. The molecule has 4 nitrogen and oxygen atoms in total. The molecule has 0 radical (unpaired) electrons. The van der Waals surface area contributed by atoms with Gasteiger partial charge in [0.05, 0.1) is 19.6 Å². The van der Waals surface area contributed by atoms with Crippen LogP contribution in [0.1, 0.15) is 6.42 Å². The fraction of sp³-hybridized carbons (Fsp3) is 0.235. The van der Waals surface area contributed by atoms with Crippen molar-refractivity contribution in [2.75, 3.05) is 19.8 Å². The molecule has 0 aromatic heterocycles. The number of hydrogen-bond acceptors (Lipinski definition) is 3. The van der Waals surface area contributed by atoms with Gasteiger partial charge in [-0.05, 0) is 36.4 Å². The van der Waals surface area contributed by atoms with E-state index >= 15 is 0 Å². The van der Waals surface area contributed by atoms with Crippen molar-refractivity contribution in [3.63, 3.8) is 0 Å². The van der Waals surface area contributed by atoms with E-state index in [2.05, 4.69) is 5.32 Å². The Balaban J connectivity index is 1.55. The van der Waals surface area contributed by atoms with Crippen LogP contribution in [0.15, 0.2) is 54.6 Å². The van der Waals surface area contributed by atoms with Crippen LogP contribution >= 0.6 is 0 Å². The highest BCUT2D eigenvalue weighted by Gasteiger charge is 2.02. The van der Waals surface area contributed by atoms with Gasteiger partial charge in [-0.1, -0.05) is 18.2 Å². The van der Waals surface area contributed by atoms with E-state index in [1.54, 1.807) is 12.1 Å². The van der Waals surface area contributed by atoms with Gasteiger partial charge in [-0.3, -0.25) is 4.79 Å². The van der Waals surface area contributed by atoms with Crippen LogP contribution in [0.5, 0.6) is 11.5 Å². The zero-order valence-corrected chi connectivity index (χ0v) is 12.1. The van der Waals surface area contributed by atoms with Gasteiger partial charge in [0.25, 0.3) is 0 Å². The van der Waals surface area contributed by atoms with Crippen molar-refractivity contribution >= 4 is 5.91 Å². The number of carbonyl (C=O) groups excluding carboxylic acids is 1. The Hall–Kier alpha value is -2.56. The van der Waals surface area contributed by atoms with E-state index in [1.807, 2.05) is 30.3 Å². The van der Waals surface area contributed by atoms with Crippen molar-refractivity contribution in [1.82, 2.24) is 5.32 Å². The maximum absolute atomic E-state index is 12.7. The van der Waals surface area contributed by atoms with Crippen LogP contribution in [-0.2, 0) is 4.79 Å². The number of nitrogens with one attached hydrogen (secondary N) is 1. The highest BCUT2D eigenvalue weighted by molar-refractivity contribution is 5.75. The van der Waals surface area contributed by atoms with Crippen LogP contribution in [0.2, 0.25) is 0 Å². The first-order valence-electron chi connectivity index (χ1n) is 7.07. The largest absolute Gasteiger partial charge is 0.493 e. The quantitative estimate of drug-likeness (QED) is 0.763. The van der Waals surface area contributed by atoms with Gasteiger partial charge in [-0.2, -0.15) is 0 Å². The molecule has 0 aliphatic heterocycles. The van der Waals surface area contributed by atoms with Gasteiger partial charge >= 0.3 is 0 Å². The lowest BCUT2D eigenvalue weighted by atomic mass is 10.3. The number of benzene rings is 2. The van der Waals surface area contributed by atoms with E-state index in [4.69, 9.17) is 9.47 Å². The topological polar surface area (TPSA) is 47.6 Å². The van der Waals surface area contributed by atoms with Crippen LogP contribution in [-0.4, -0.2) is 25.7 Å². The van der Waals surface area contributed by atoms with Gasteiger partial charge in [0.1, 0.15) is 23.9 Å². The highest BCUT2D eigenvalue weighted by atomic mass is 19.1. The normalized spacial score (nSPS) is 10.0. The molecule has 0 spiro atoms. The van der Waals surface area contributed by atoms with Gasteiger partial charge in [0.2, 0.25) is 5.91 Å². The summed E-state index contributed by atoms with van der Waals surface area (Å²) in [6.45, 7) is 1.05. The van der Waals surface area contributed by atoms with Gasteiger partial charge in [0, 0.05) is 0 Å². The van der Waals surface area contributed by atoms with Gasteiger partial charge in [-0.15, -0.1) is 0 Å². The van der Waals surface area contributed by atoms with Crippen LogP contribution in [0.25, 0.3) is 0 Å². The molecule has 116 valence electrons. The van der Waals surface area contributed by atoms with E-state index in [0.29, 0.717) is 25.5 Å². The molecule has 2 aromatic carbocycles.